The van der Waals surface area contributed by atoms with Crippen molar-refractivity contribution in [3.05, 3.63) is 12.2 Å². The van der Waals surface area contributed by atoms with Gasteiger partial charge in [0.15, 0.2) is 0 Å². The molecule has 2 N–H and O–H groups in total. The van der Waals surface area contributed by atoms with E-state index < -0.39 is 17.8 Å². The molecule has 2 rings (SSSR count). The number of amides is 1. The number of hydrogen-bond acceptors (Lipinski definition) is 4. The summed E-state index contributed by atoms with van der Waals surface area (Å²) in [4.78, 5) is 23.2. The Morgan fingerprint density at radius 3 is 2.39 bits per heavy atom. The molecule has 2 aliphatic rings. The van der Waals surface area contributed by atoms with E-state index in [9.17, 15) is 9.59 Å². The van der Waals surface area contributed by atoms with Crippen LogP contribution in [0.1, 0.15) is 12.8 Å². The molecule has 2 atom stereocenters. The molecule has 0 spiro atoms. The van der Waals surface area contributed by atoms with Crippen LogP contribution in [0.5, 0.6) is 0 Å². The Morgan fingerprint density at radius 2 is 1.78 bits per heavy atom. The smallest absolute Gasteiger partial charge is 0.307 e. The second-order valence-corrected chi connectivity index (χ2v) is 4.57. The molecule has 100 valence electrons. The van der Waals surface area contributed by atoms with Crippen LogP contribution >= 0.6 is 0 Å². The van der Waals surface area contributed by atoms with Crippen molar-refractivity contribution in [2.75, 3.05) is 26.3 Å². The molecule has 0 saturated carbocycles. The number of nitrogens with one attached hydrogen (secondary N) is 1. The lowest BCUT2D eigenvalue weighted by molar-refractivity contribution is -0.149. The maximum atomic E-state index is 12.1. The van der Waals surface area contributed by atoms with Crippen LogP contribution in [0, 0.1) is 11.8 Å². The molecule has 1 aliphatic carbocycles. The minimum atomic E-state index is -0.901. The van der Waals surface area contributed by atoms with E-state index >= 15 is 0 Å². The minimum Gasteiger partial charge on any atom is -0.481 e. The highest BCUT2D eigenvalue weighted by Crippen LogP contribution is 2.26. The van der Waals surface area contributed by atoms with Crippen LogP contribution in [0.25, 0.3) is 0 Å². The average Bonchev–Trinajstić information content (AvgIpc) is 2.40. The first-order valence-electron chi connectivity index (χ1n) is 6.19. The predicted molar refractivity (Wildman–Crippen MR) is 63.5 cm³/mol. The van der Waals surface area contributed by atoms with E-state index in [1.165, 1.54) is 0 Å². The van der Waals surface area contributed by atoms with Crippen LogP contribution in [-0.4, -0.2) is 48.3 Å². The Labute approximate surface area is 106 Å². The monoisotopic (exact) mass is 254 g/mol. The first-order chi connectivity index (χ1) is 8.68. The number of ether oxygens (including phenoxy) is 1. The fourth-order valence-electron chi connectivity index (χ4n) is 2.29. The summed E-state index contributed by atoms with van der Waals surface area (Å²) in [5.41, 5.74) is 2.79. The van der Waals surface area contributed by atoms with E-state index in [0.29, 0.717) is 39.1 Å². The number of nitrogens with zero attached hydrogens (tertiary/aromatic N) is 1. The third kappa shape index (κ3) is 3.08. The van der Waals surface area contributed by atoms with E-state index in [1.54, 1.807) is 5.01 Å². The average molecular weight is 254 g/mol. The highest BCUT2D eigenvalue weighted by Gasteiger charge is 2.34. The molecule has 6 heteroatoms. The molecule has 1 fully saturated rings. The van der Waals surface area contributed by atoms with E-state index in [4.69, 9.17) is 9.84 Å². The molecule has 0 bridgehead atoms. The number of carboxylic acid groups (broad SMARTS) is 1. The van der Waals surface area contributed by atoms with Gasteiger partial charge in [0.05, 0.1) is 25.0 Å². The van der Waals surface area contributed by atoms with Crippen LogP contribution in [0.2, 0.25) is 0 Å². The lowest BCUT2D eigenvalue weighted by Crippen LogP contribution is -2.51. The van der Waals surface area contributed by atoms with Crippen molar-refractivity contribution in [2.45, 2.75) is 12.8 Å². The van der Waals surface area contributed by atoms with Crippen LogP contribution < -0.4 is 5.43 Å². The van der Waals surface area contributed by atoms with Crippen molar-refractivity contribution in [1.29, 1.82) is 0 Å². The van der Waals surface area contributed by atoms with Gasteiger partial charge in [-0.3, -0.25) is 15.0 Å². The number of aliphatic carboxylic acids is 1. The molecule has 1 aliphatic heterocycles. The molecule has 0 aromatic carbocycles. The van der Waals surface area contributed by atoms with Crippen LogP contribution in [0.15, 0.2) is 12.2 Å². The Hall–Kier alpha value is -1.40. The summed E-state index contributed by atoms with van der Waals surface area (Å²) in [7, 11) is 0. The lowest BCUT2D eigenvalue weighted by atomic mass is 9.82. The summed E-state index contributed by atoms with van der Waals surface area (Å²) < 4.78 is 5.19. The SMILES string of the molecule is O=C(O)[C@H]1CC=CC[C@H]1C(=O)NN1CCOCC1. The Bertz CT molecular complexity index is 350. The highest BCUT2D eigenvalue weighted by atomic mass is 16.5. The first kappa shape index (κ1) is 13.0. The van der Waals surface area contributed by atoms with Crippen molar-refractivity contribution in [1.82, 2.24) is 10.4 Å². The van der Waals surface area contributed by atoms with Gasteiger partial charge in [-0.1, -0.05) is 12.2 Å². The second kappa shape index (κ2) is 5.97. The van der Waals surface area contributed by atoms with Crippen LogP contribution in [0.4, 0.5) is 0 Å². The van der Waals surface area contributed by atoms with Gasteiger partial charge in [0.1, 0.15) is 0 Å². The highest BCUT2D eigenvalue weighted by molar-refractivity contribution is 5.85. The van der Waals surface area contributed by atoms with Crippen LogP contribution in [-0.2, 0) is 14.3 Å². The van der Waals surface area contributed by atoms with Crippen molar-refractivity contribution >= 4 is 11.9 Å². The van der Waals surface area contributed by atoms with Gasteiger partial charge in [0, 0.05) is 13.1 Å². The standard InChI is InChI=1S/C12H18N2O4/c15-11(13-14-5-7-18-8-6-14)9-3-1-2-4-10(9)12(16)17/h1-2,9-10H,3-8H2,(H,13,15)(H,16,17)/t9-,10+/m1/s1. The zero-order chi connectivity index (χ0) is 13.0. The van der Waals surface area contributed by atoms with E-state index in [-0.39, 0.29) is 5.91 Å². The summed E-state index contributed by atoms with van der Waals surface area (Å²) in [5, 5.41) is 10.9. The zero-order valence-electron chi connectivity index (χ0n) is 10.2. The van der Waals surface area contributed by atoms with Gasteiger partial charge in [-0.15, -0.1) is 0 Å². The lowest BCUT2D eigenvalue weighted by Gasteiger charge is -2.31. The van der Waals surface area contributed by atoms with Gasteiger partial charge in [-0.2, -0.15) is 0 Å². The summed E-state index contributed by atoms with van der Waals surface area (Å²) in [6.07, 6.45) is 4.63. The van der Waals surface area contributed by atoms with Gasteiger partial charge in [-0.25, -0.2) is 5.01 Å². The number of allylic oxidation sites excluding steroid dienone is 2. The Morgan fingerprint density at radius 1 is 1.17 bits per heavy atom. The number of morpholine rings is 1. The summed E-state index contributed by atoms with van der Waals surface area (Å²) in [6, 6.07) is 0. The minimum absolute atomic E-state index is 0.200. The number of carbonyl (C=O) groups excluding carboxylic acids is 1. The maximum Gasteiger partial charge on any atom is 0.307 e. The van der Waals surface area contributed by atoms with Crippen molar-refractivity contribution < 1.29 is 19.4 Å². The molecule has 0 radical (unpaired) electrons. The molecule has 6 nitrogen and oxygen atoms in total. The molecule has 0 aromatic rings. The van der Waals surface area contributed by atoms with Crippen molar-refractivity contribution in [2.24, 2.45) is 11.8 Å². The molecule has 1 saturated heterocycles. The van der Waals surface area contributed by atoms with Crippen molar-refractivity contribution in [3.8, 4) is 0 Å². The summed E-state index contributed by atoms with van der Waals surface area (Å²) >= 11 is 0. The summed E-state index contributed by atoms with van der Waals surface area (Å²) in [6.45, 7) is 2.47. The number of carboxylic acids is 1. The molecular weight excluding hydrogens is 236 g/mol. The largest absolute Gasteiger partial charge is 0.481 e. The van der Waals surface area contributed by atoms with E-state index in [2.05, 4.69) is 5.43 Å². The van der Waals surface area contributed by atoms with Gasteiger partial charge in [0.2, 0.25) is 5.91 Å². The zero-order valence-corrected chi connectivity index (χ0v) is 10.2. The number of hydrazine groups is 1. The van der Waals surface area contributed by atoms with Crippen molar-refractivity contribution in [3.63, 3.8) is 0 Å². The molecule has 0 aromatic heterocycles. The molecule has 0 unspecified atom stereocenters. The third-order valence-corrected chi connectivity index (χ3v) is 3.37. The van der Waals surface area contributed by atoms with Gasteiger partial charge in [0.25, 0.3) is 0 Å². The fraction of sp³-hybridized carbons (Fsp3) is 0.667. The normalized spacial score (nSPS) is 28.9. The van der Waals surface area contributed by atoms with E-state index in [0.717, 1.165) is 0 Å². The Balaban J connectivity index is 1.93. The number of carbonyl (C=O) groups is 2. The molecule has 1 amide bonds. The number of rotatable bonds is 3. The molecule has 1 heterocycles. The van der Waals surface area contributed by atoms with Gasteiger partial charge >= 0.3 is 5.97 Å². The number of hydrogen-bond donors (Lipinski definition) is 2. The predicted octanol–water partition coefficient (Wildman–Crippen LogP) is 0.0168. The Kier molecular flexibility index (Phi) is 4.33. The fourth-order valence-corrected chi connectivity index (χ4v) is 2.29. The van der Waals surface area contributed by atoms with Crippen LogP contribution in [0.3, 0.4) is 0 Å². The molecule has 18 heavy (non-hydrogen) atoms. The first-order valence-corrected chi connectivity index (χ1v) is 6.19. The van der Waals surface area contributed by atoms with Gasteiger partial charge < -0.3 is 9.84 Å². The maximum absolute atomic E-state index is 12.1. The summed E-state index contributed by atoms with van der Waals surface area (Å²) in [5.74, 6) is -2.19. The quantitative estimate of drug-likeness (QED) is 0.694. The second-order valence-electron chi connectivity index (χ2n) is 4.57. The van der Waals surface area contributed by atoms with Gasteiger partial charge in [-0.05, 0) is 12.8 Å². The van der Waals surface area contributed by atoms with E-state index in [1.807, 2.05) is 12.2 Å². The topological polar surface area (TPSA) is 78.9 Å². The third-order valence-electron chi connectivity index (χ3n) is 3.37. The molecular formula is C12H18N2O4.